The van der Waals surface area contributed by atoms with Crippen LogP contribution in [-0.2, 0) is 11.2 Å². The summed E-state index contributed by atoms with van der Waals surface area (Å²) in [4.78, 5) is 16.3. The third-order valence-corrected chi connectivity index (χ3v) is 10.8. The van der Waals surface area contributed by atoms with Gasteiger partial charge in [0, 0.05) is 16.7 Å². The number of carbonyl (C=O) groups excluding carboxylic acids is 1. The van der Waals surface area contributed by atoms with Crippen LogP contribution in [-0.4, -0.2) is 47.5 Å². The largest absolute Gasteiger partial charge is 0.390 e. The first-order chi connectivity index (χ1) is 16.9. The van der Waals surface area contributed by atoms with Crippen LogP contribution < -0.4 is 0 Å². The first-order valence-electron chi connectivity index (χ1n) is 12.6. The molecule has 4 aliphatic carbocycles. The molecule has 0 aromatic carbocycles. The Hall–Kier alpha value is -2.10. The van der Waals surface area contributed by atoms with Crippen LogP contribution in [0.1, 0.15) is 57.7 Å². The molecular formula is C27H31F2N3O3S. The number of thiol groups is 1. The predicted octanol–water partition coefficient (Wildman–Crippen LogP) is 4.08. The van der Waals surface area contributed by atoms with Crippen molar-refractivity contribution < 1.29 is 23.8 Å². The second-order valence-corrected chi connectivity index (χ2v) is 12.3. The van der Waals surface area contributed by atoms with Gasteiger partial charge in [-0.25, -0.2) is 14.1 Å². The number of carbonyl (C=O) groups is 1. The number of halogens is 2. The number of nitrogens with zero attached hydrogens (tertiary/aromatic N) is 3. The molecule has 2 N–H and O–H groups in total. The van der Waals surface area contributed by atoms with Gasteiger partial charge >= 0.3 is 0 Å². The lowest BCUT2D eigenvalue weighted by atomic mass is 9.44. The molecule has 3 saturated carbocycles. The second-order valence-electron chi connectivity index (χ2n) is 11.8. The Morgan fingerprint density at radius 3 is 2.67 bits per heavy atom. The molecule has 0 spiro atoms. The third kappa shape index (κ3) is 2.72. The summed E-state index contributed by atoms with van der Waals surface area (Å²) in [5, 5.41) is 26.9. The van der Waals surface area contributed by atoms with Crippen molar-refractivity contribution in [2.75, 3.05) is 0 Å². The topological polar surface area (TPSA) is 88.2 Å². The summed E-state index contributed by atoms with van der Waals surface area (Å²) in [6, 6.07) is 2.88. The molecular weight excluding hydrogens is 484 g/mol. The Kier molecular flexibility index (Phi) is 5.04. The molecule has 0 saturated heterocycles. The molecule has 0 amide bonds. The average molecular weight is 516 g/mol. The number of rotatable bonds is 2. The summed E-state index contributed by atoms with van der Waals surface area (Å²) < 4.78 is 32.7. The van der Waals surface area contributed by atoms with Crippen molar-refractivity contribution in [3.63, 3.8) is 0 Å². The maximum absolute atomic E-state index is 17.6. The number of alkyl halides is 1. The van der Waals surface area contributed by atoms with Gasteiger partial charge in [-0.3, -0.25) is 4.79 Å². The molecule has 2 aromatic heterocycles. The molecule has 192 valence electrons. The van der Waals surface area contributed by atoms with Gasteiger partial charge in [0.1, 0.15) is 11.3 Å². The van der Waals surface area contributed by atoms with Gasteiger partial charge < -0.3 is 10.2 Å². The van der Waals surface area contributed by atoms with E-state index < -0.39 is 45.2 Å². The third-order valence-electron chi connectivity index (χ3n) is 10.4. The van der Waals surface area contributed by atoms with Crippen LogP contribution >= 0.6 is 12.6 Å². The fourth-order valence-corrected chi connectivity index (χ4v) is 9.02. The smallest absolute Gasteiger partial charge is 0.218 e. The van der Waals surface area contributed by atoms with Crippen LogP contribution in [0.25, 0.3) is 11.8 Å². The van der Waals surface area contributed by atoms with Crippen molar-refractivity contribution in [1.29, 1.82) is 0 Å². The molecule has 0 aliphatic heterocycles. The Labute approximate surface area is 214 Å². The molecule has 8 unspecified atom stereocenters. The maximum Gasteiger partial charge on any atom is 0.218 e. The molecule has 8 atom stereocenters. The normalized spacial score (nSPS) is 43.2. The predicted molar refractivity (Wildman–Crippen MR) is 133 cm³/mol. The highest BCUT2D eigenvalue weighted by atomic mass is 32.1. The van der Waals surface area contributed by atoms with E-state index in [2.05, 4.69) is 22.7 Å². The van der Waals surface area contributed by atoms with Gasteiger partial charge in [0.25, 0.3) is 0 Å². The molecule has 9 heteroatoms. The van der Waals surface area contributed by atoms with Crippen LogP contribution in [0, 0.1) is 34.5 Å². The Balaban J connectivity index is 1.43. The molecule has 2 heterocycles. The second kappa shape index (κ2) is 7.48. The lowest BCUT2D eigenvalue weighted by molar-refractivity contribution is -0.224. The van der Waals surface area contributed by atoms with E-state index in [4.69, 9.17) is 0 Å². The lowest BCUT2D eigenvalue weighted by Crippen LogP contribution is -2.69. The first kappa shape index (κ1) is 24.2. The van der Waals surface area contributed by atoms with Gasteiger partial charge in [-0.2, -0.15) is 9.49 Å². The van der Waals surface area contributed by atoms with Crippen molar-refractivity contribution in [2.24, 2.45) is 28.6 Å². The van der Waals surface area contributed by atoms with Gasteiger partial charge in [0.2, 0.25) is 11.1 Å². The molecule has 6 nitrogen and oxygen atoms in total. The van der Waals surface area contributed by atoms with E-state index >= 15 is 4.39 Å². The Morgan fingerprint density at radius 1 is 1.25 bits per heavy atom. The van der Waals surface area contributed by atoms with E-state index in [0.717, 1.165) is 16.8 Å². The number of aromatic nitrogens is 3. The monoisotopic (exact) mass is 515 g/mol. The fraction of sp³-hybridized carbons (Fsp3) is 0.593. The van der Waals surface area contributed by atoms with E-state index in [1.54, 1.807) is 16.9 Å². The first-order valence-corrected chi connectivity index (χ1v) is 13.0. The van der Waals surface area contributed by atoms with E-state index in [1.807, 2.05) is 26.8 Å². The van der Waals surface area contributed by atoms with Gasteiger partial charge in [0.15, 0.2) is 0 Å². The summed E-state index contributed by atoms with van der Waals surface area (Å²) >= 11 is 4.03. The number of aliphatic hydroxyl groups is 2. The van der Waals surface area contributed by atoms with Crippen molar-refractivity contribution in [2.45, 2.75) is 70.2 Å². The fourth-order valence-electron chi connectivity index (χ4n) is 8.55. The number of pyridine rings is 1. The minimum Gasteiger partial charge on any atom is -0.390 e. The van der Waals surface area contributed by atoms with Crippen LogP contribution in [0.3, 0.4) is 0 Å². The molecule has 6 rings (SSSR count). The number of aliphatic hydroxyl groups excluding tert-OH is 1. The summed E-state index contributed by atoms with van der Waals surface area (Å²) in [6.45, 7) is 5.54. The van der Waals surface area contributed by atoms with Gasteiger partial charge in [-0.15, -0.1) is 12.6 Å². The molecule has 2 aromatic rings. The quantitative estimate of drug-likeness (QED) is 0.414. The van der Waals surface area contributed by atoms with Crippen LogP contribution in [0.15, 0.2) is 30.1 Å². The molecule has 3 fully saturated rings. The molecule has 4 aliphatic rings. The van der Waals surface area contributed by atoms with Crippen LogP contribution in [0.5, 0.6) is 0 Å². The number of allylic oxidation sites excluding steroid dienone is 1. The number of hydrogen-bond donors (Lipinski definition) is 3. The summed E-state index contributed by atoms with van der Waals surface area (Å²) in [5.74, 6) is -1.71. The van der Waals surface area contributed by atoms with Gasteiger partial charge in [0.05, 0.1) is 29.9 Å². The van der Waals surface area contributed by atoms with E-state index in [0.29, 0.717) is 31.4 Å². The van der Waals surface area contributed by atoms with E-state index in [1.165, 1.54) is 12.3 Å². The molecule has 0 radical (unpaired) electrons. The van der Waals surface area contributed by atoms with Crippen molar-refractivity contribution in [3.05, 3.63) is 47.3 Å². The number of hydrogen-bond acceptors (Lipinski definition) is 5. The summed E-state index contributed by atoms with van der Waals surface area (Å²) in [6.07, 6.45) is 5.77. The SMILES string of the molecule is CC1CC2C3CCC4=Cc5c(cnn5-c5ccc(F)nc5)CC4(C)C3(F)C(O)CC2(C)C1(O)C(=O)S. The van der Waals surface area contributed by atoms with Gasteiger partial charge in [-0.1, -0.05) is 26.3 Å². The minimum absolute atomic E-state index is 0.00591. The molecule has 0 bridgehead atoms. The lowest BCUT2D eigenvalue weighted by Gasteiger charge is -2.63. The zero-order chi connectivity index (χ0) is 25.8. The highest BCUT2D eigenvalue weighted by Crippen LogP contribution is 2.71. The highest BCUT2D eigenvalue weighted by Gasteiger charge is 2.75. The number of fused-ring (bicyclic) bond motifs is 6. The molecule has 36 heavy (non-hydrogen) atoms. The van der Waals surface area contributed by atoms with Crippen LogP contribution in [0.2, 0.25) is 0 Å². The van der Waals surface area contributed by atoms with Crippen molar-refractivity contribution >= 4 is 23.8 Å². The van der Waals surface area contributed by atoms with Crippen molar-refractivity contribution in [3.8, 4) is 5.69 Å². The Bertz CT molecular complexity index is 1300. The summed E-state index contributed by atoms with van der Waals surface area (Å²) in [5.41, 5.74) is -2.35. The van der Waals surface area contributed by atoms with Crippen molar-refractivity contribution in [1.82, 2.24) is 14.8 Å². The van der Waals surface area contributed by atoms with Crippen LogP contribution in [0.4, 0.5) is 8.78 Å². The summed E-state index contributed by atoms with van der Waals surface area (Å²) in [7, 11) is 0. The maximum atomic E-state index is 17.6. The zero-order valence-corrected chi connectivity index (χ0v) is 21.5. The van der Waals surface area contributed by atoms with E-state index in [9.17, 15) is 19.4 Å². The highest BCUT2D eigenvalue weighted by molar-refractivity contribution is 7.96. The standard InChI is InChI=1S/C27H31F2N3O3S/c1-14-8-19-18-6-4-16-9-20-15(12-31-32(20)17-5-7-22(28)30-13-17)10-24(16,2)26(18,29)21(33)11-25(19,3)27(14,35)23(34)36/h5,7,9,12-14,18-19,21,33,35H,4,6,8,10-11H2,1-3H3,(H,34,36). The van der Waals surface area contributed by atoms with Gasteiger partial charge in [-0.05, 0) is 67.7 Å². The minimum atomic E-state index is -1.93. The van der Waals surface area contributed by atoms with E-state index in [-0.39, 0.29) is 18.3 Å². The average Bonchev–Trinajstić information content (AvgIpc) is 3.31. The zero-order valence-electron chi connectivity index (χ0n) is 20.6. The Morgan fingerprint density at radius 2 is 2.00 bits per heavy atom.